The minimum atomic E-state index is -0.665. The molecule has 1 aromatic carbocycles. The fourth-order valence-electron chi connectivity index (χ4n) is 2.93. The number of nitrogens with zero attached hydrogens (tertiary/aromatic N) is 2. The molecule has 0 aliphatic carbocycles. The number of methoxy groups -OCH3 is 3. The number of hydrogen-bond acceptors (Lipinski definition) is 7. The van der Waals surface area contributed by atoms with E-state index in [-0.39, 0.29) is 35.5 Å². The summed E-state index contributed by atoms with van der Waals surface area (Å²) in [6.07, 6.45) is 1.37. The number of nitro groups is 1. The molecule has 1 aromatic rings. The number of carbonyl (C=O) groups is 1. The summed E-state index contributed by atoms with van der Waals surface area (Å²) in [5.41, 5.74) is -0.640. The molecule has 1 N–H and O–H groups in total. The molecule has 0 aromatic heterocycles. The van der Waals surface area contributed by atoms with Crippen molar-refractivity contribution < 1.29 is 29.0 Å². The minimum absolute atomic E-state index is 0.0582. The van der Waals surface area contributed by atoms with Crippen molar-refractivity contribution in [2.45, 2.75) is 18.9 Å². The normalized spacial score (nSPS) is 16.8. The van der Waals surface area contributed by atoms with Gasteiger partial charge in [0, 0.05) is 6.54 Å². The fourth-order valence-corrected chi connectivity index (χ4v) is 2.93. The zero-order valence-electron chi connectivity index (χ0n) is 13.8. The molecule has 9 nitrogen and oxygen atoms in total. The molecule has 1 unspecified atom stereocenters. The highest BCUT2D eigenvalue weighted by atomic mass is 16.6. The van der Waals surface area contributed by atoms with Gasteiger partial charge < -0.3 is 24.2 Å². The summed E-state index contributed by atoms with van der Waals surface area (Å²) in [6, 6.07) is 0.772. The van der Waals surface area contributed by atoms with E-state index in [1.807, 2.05) is 0 Å². The molecule has 1 aliphatic heterocycles. The first kappa shape index (κ1) is 17.8. The highest BCUT2D eigenvalue weighted by Gasteiger charge is 2.37. The van der Waals surface area contributed by atoms with Crippen LogP contribution in [0.25, 0.3) is 0 Å². The molecule has 1 atom stereocenters. The molecule has 0 radical (unpaired) electrons. The van der Waals surface area contributed by atoms with E-state index in [1.54, 1.807) is 0 Å². The van der Waals surface area contributed by atoms with Crippen molar-refractivity contribution in [3.8, 4) is 17.2 Å². The summed E-state index contributed by atoms with van der Waals surface area (Å²) < 4.78 is 15.5. The highest BCUT2D eigenvalue weighted by molar-refractivity contribution is 6.02. The van der Waals surface area contributed by atoms with E-state index in [9.17, 15) is 20.0 Å². The second-order valence-corrected chi connectivity index (χ2v) is 5.27. The van der Waals surface area contributed by atoms with Crippen molar-refractivity contribution in [3.05, 3.63) is 21.7 Å². The summed E-state index contributed by atoms with van der Waals surface area (Å²) in [5.74, 6) is -0.431. The van der Waals surface area contributed by atoms with E-state index in [1.165, 1.54) is 26.2 Å². The fraction of sp³-hybridized carbons (Fsp3) is 0.533. The summed E-state index contributed by atoms with van der Waals surface area (Å²) in [7, 11) is 3.99. The van der Waals surface area contributed by atoms with Crippen LogP contribution in [-0.2, 0) is 0 Å². The van der Waals surface area contributed by atoms with Crippen molar-refractivity contribution in [1.29, 1.82) is 0 Å². The lowest BCUT2D eigenvalue weighted by Crippen LogP contribution is -2.38. The first-order valence-electron chi connectivity index (χ1n) is 7.39. The van der Waals surface area contributed by atoms with E-state index in [0.717, 1.165) is 12.5 Å². The van der Waals surface area contributed by atoms with Gasteiger partial charge in [-0.2, -0.15) is 0 Å². The standard InChI is InChI=1S/C15H20N2O7/c1-22-11-7-10(17(20)21)12(14(24-3)13(11)23-2)15(19)16-6-4-5-9(16)8-18/h7,9,18H,4-6,8H2,1-3H3. The molecular formula is C15H20N2O7. The molecule has 2 rings (SSSR count). The number of benzene rings is 1. The SMILES string of the molecule is COc1cc([N+](=O)[O-])c(C(=O)N2CCCC2CO)c(OC)c1OC. The Morgan fingerprint density at radius 1 is 1.33 bits per heavy atom. The average Bonchev–Trinajstić information content (AvgIpc) is 3.07. The number of rotatable bonds is 6. The Labute approximate surface area is 138 Å². The van der Waals surface area contributed by atoms with E-state index < -0.39 is 16.5 Å². The third-order valence-electron chi connectivity index (χ3n) is 4.07. The van der Waals surface area contributed by atoms with Crippen LogP contribution in [0.1, 0.15) is 23.2 Å². The molecule has 0 saturated carbocycles. The van der Waals surface area contributed by atoms with E-state index in [0.29, 0.717) is 13.0 Å². The number of nitro benzene ring substituents is 1. The van der Waals surface area contributed by atoms with Crippen molar-refractivity contribution in [1.82, 2.24) is 4.90 Å². The van der Waals surface area contributed by atoms with Crippen LogP contribution >= 0.6 is 0 Å². The molecule has 132 valence electrons. The molecule has 0 bridgehead atoms. The number of carbonyl (C=O) groups excluding carboxylic acids is 1. The highest BCUT2D eigenvalue weighted by Crippen LogP contribution is 2.45. The van der Waals surface area contributed by atoms with Gasteiger partial charge in [-0.05, 0) is 12.8 Å². The van der Waals surface area contributed by atoms with E-state index in [4.69, 9.17) is 14.2 Å². The third kappa shape index (κ3) is 2.94. The largest absolute Gasteiger partial charge is 0.492 e. The molecule has 24 heavy (non-hydrogen) atoms. The van der Waals surface area contributed by atoms with Crippen molar-refractivity contribution >= 4 is 11.6 Å². The van der Waals surface area contributed by atoms with E-state index >= 15 is 0 Å². The van der Waals surface area contributed by atoms with Crippen LogP contribution in [0.2, 0.25) is 0 Å². The van der Waals surface area contributed by atoms with Gasteiger partial charge in [-0.3, -0.25) is 14.9 Å². The molecular weight excluding hydrogens is 320 g/mol. The van der Waals surface area contributed by atoms with Crippen LogP contribution in [0.3, 0.4) is 0 Å². The van der Waals surface area contributed by atoms with Gasteiger partial charge in [0.25, 0.3) is 11.6 Å². The van der Waals surface area contributed by atoms with Gasteiger partial charge in [0.2, 0.25) is 5.75 Å². The summed E-state index contributed by atoms with van der Waals surface area (Å²) in [6.45, 7) is 0.216. The molecule has 1 amide bonds. The summed E-state index contributed by atoms with van der Waals surface area (Å²) >= 11 is 0. The first-order valence-corrected chi connectivity index (χ1v) is 7.39. The number of aliphatic hydroxyl groups excluding tert-OH is 1. The third-order valence-corrected chi connectivity index (χ3v) is 4.07. The zero-order chi connectivity index (χ0) is 17.9. The maximum absolute atomic E-state index is 12.9. The van der Waals surface area contributed by atoms with Crippen LogP contribution in [0.5, 0.6) is 17.2 Å². The number of ether oxygens (including phenoxy) is 3. The molecule has 9 heteroatoms. The molecule has 1 fully saturated rings. The van der Waals surface area contributed by atoms with E-state index in [2.05, 4.69) is 0 Å². The molecule has 1 heterocycles. The van der Waals surface area contributed by atoms with Crippen LogP contribution < -0.4 is 14.2 Å². The van der Waals surface area contributed by atoms with Gasteiger partial charge in [0.05, 0.1) is 45.0 Å². The number of aliphatic hydroxyl groups is 1. The van der Waals surface area contributed by atoms with Gasteiger partial charge in [-0.1, -0.05) is 0 Å². The smallest absolute Gasteiger partial charge is 0.289 e. The lowest BCUT2D eigenvalue weighted by molar-refractivity contribution is -0.385. The number of hydrogen-bond donors (Lipinski definition) is 1. The van der Waals surface area contributed by atoms with Crippen LogP contribution in [-0.4, -0.2) is 61.4 Å². The molecule has 1 saturated heterocycles. The van der Waals surface area contributed by atoms with Crippen molar-refractivity contribution in [2.24, 2.45) is 0 Å². The molecule has 1 aliphatic rings. The Morgan fingerprint density at radius 3 is 2.50 bits per heavy atom. The summed E-state index contributed by atoms with van der Waals surface area (Å²) in [4.78, 5) is 25.1. The topological polar surface area (TPSA) is 111 Å². The van der Waals surface area contributed by atoms with Gasteiger partial charge in [0.1, 0.15) is 0 Å². The van der Waals surface area contributed by atoms with Crippen LogP contribution in [0.15, 0.2) is 6.07 Å². The Morgan fingerprint density at radius 2 is 2.00 bits per heavy atom. The van der Waals surface area contributed by atoms with Crippen LogP contribution in [0, 0.1) is 10.1 Å². The minimum Gasteiger partial charge on any atom is -0.492 e. The maximum Gasteiger partial charge on any atom is 0.289 e. The predicted octanol–water partition coefficient (Wildman–Crippen LogP) is 1.22. The quantitative estimate of drug-likeness (QED) is 0.612. The number of likely N-dealkylation sites (tertiary alicyclic amines) is 1. The van der Waals surface area contributed by atoms with Crippen LogP contribution in [0.4, 0.5) is 5.69 Å². The second-order valence-electron chi connectivity index (χ2n) is 5.27. The Kier molecular flexibility index (Phi) is 5.45. The first-order chi connectivity index (χ1) is 11.5. The number of amides is 1. The summed E-state index contributed by atoms with van der Waals surface area (Å²) in [5, 5.41) is 20.9. The van der Waals surface area contributed by atoms with Gasteiger partial charge in [-0.25, -0.2) is 0 Å². The van der Waals surface area contributed by atoms with Gasteiger partial charge in [0.15, 0.2) is 17.1 Å². The predicted molar refractivity (Wildman–Crippen MR) is 83.9 cm³/mol. The maximum atomic E-state index is 12.9. The average molecular weight is 340 g/mol. The van der Waals surface area contributed by atoms with Gasteiger partial charge >= 0.3 is 0 Å². The molecule has 0 spiro atoms. The zero-order valence-corrected chi connectivity index (χ0v) is 13.8. The monoisotopic (exact) mass is 340 g/mol. The Bertz CT molecular complexity index is 647. The van der Waals surface area contributed by atoms with Gasteiger partial charge in [-0.15, -0.1) is 0 Å². The second kappa shape index (κ2) is 7.35. The lowest BCUT2D eigenvalue weighted by atomic mass is 10.1. The van der Waals surface area contributed by atoms with Crippen molar-refractivity contribution in [3.63, 3.8) is 0 Å². The lowest BCUT2D eigenvalue weighted by Gasteiger charge is -2.24. The Hall–Kier alpha value is -2.55. The van der Waals surface area contributed by atoms with Crippen molar-refractivity contribution in [2.75, 3.05) is 34.5 Å². The Balaban J connectivity index is 2.66.